The van der Waals surface area contributed by atoms with E-state index in [0.29, 0.717) is 24.3 Å². The van der Waals surface area contributed by atoms with Gasteiger partial charge in [0.15, 0.2) is 0 Å². The van der Waals surface area contributed by atoms with Crippen molar-refractivity contribution < 1.29 is 14.3 Å². The van der Waals surface area contributed by atoms with Crippen LogP contribution in [0.15, 0.2) is 54.6 Å². The molecule has 0 aromatic heterocycles. The number of nitrogen functional groups attached to an aromatic ring is 1. The molecule has 8 heteroatoms. The molecule has 0 radical (unpaired) electrons. The second-order valence-electron chi connectivity index (χ2n) is 8.50. The summed E-state index contributed by atoms with van der Waals surface area (Å²) < 4.78 is 5.62. The molecule has 0 saturated heterocycles. The number of para-hydroxylation sites is 1. The number of fused-ring (bicyclic) bond motifs is 1. The van der Waals surface area contributed by atoms with Crippen LogP contribution in [0.2, 0.25) is 0 Å². The van der Waals surface area contributed by atoms with Gasteiger partial charge in [-0.05, 0) is 61.3 Å². The van der Waals surface area contributed by atoms with E-state index in [1.807, 2.05) is 55.5 Å². The second-order valence-corrected chi connectivity index (χ2v) is 8.50. The van der Waals surface area contributed by atoms with E-state index in [4.69, 9.17) is 15.9 Å². The molecule has 1 atom stereocenters. The molecule has 5 N–H and O–H groups in total. The maximum atomic E-state index is 12.3. The number of benzene rings is 3. The number of methoxy groups -OCH3 is 1. The summed E-state index contributed by atoms with van der Waals surface area (Å²) in [7, 11) is 3.35. The van der Waals surface area contributed by atoms with E-state index >= 15 is 0 Å². The Labute approximate surface area is 206 Å². The summed E-state index contributed by atoms with van der Waals surface area (Å²) >= 11 is 0. The number of rotatable bonds is 12. The molecule has 3 aromatic rings. The zero-order chi connectivity index (χ0) is 25.4. The minimum Gasteiger partial charge on any atom is -0.496 e. The lowest BCUT2D eigenvalue weighted by Gasteiger charge is -2.24. The molecule has 0 aliphatic heterocycles. The van der Waals surface area contributed by atoms with Crippen molar-refractivity contribution in [1.29, 1.82) is 5.41 Å². The van der Waals surface area contributed by atoms with Crippen LogP contribution in [-0.2, 0) is 22.6 Å². The van der Waals surface area contributed by atoms with Crippen molar-refractivity contribution >= 4 is 34.6 Å². The molecule has 0 fully saturated rings. The van der Waals surface area contributed by atoms with Crippen LogP contribution in [0.25, 0.3) is 10.8 Å². The van der Waals surface area contributed by atoms with E-state index in [1.165, 1.54) is 0 Å². The van der Waals surface area contributed by atoms with Gasteiger partial charge in [-0.25, -0.2) is 0 Å². The lowest BCUT2D eigenvalue weighted by Crippen LogP contribution is -2.38. The Hall–Kier alpha value is -3.91. The Morgan fingerprint density at radius 3 is 2.66 bits per heavy atom. The van der Waals surface area contributed by atoms with Crippen molar-refractivity contribution in [3.8, 4) is 5.75 Å². The molecule has 0 heterocycles. The third-order valence-corrected chi connectivity index (χ3v) is 5.97. The molecule has 35 heavy (non-hydrogen) atoms. The van der Waals surface area contributed by atoms with Crippen molar-refractivity contribution in [3.63, 3.8) is 0 Å². The summed E-state index contributed by atoms with van der Waals surface area (Å²) in [5.41, 5.74) is 9.01. The molecular formula is C27H33N5O3. The molecule has 0 aliphatic carbocycles. The highest BCUT2D eigenvalue weighted by Gasteiger charge is 2.17. The zero-order valence-electron chi connectivity index (χ0n) is 20.4. The summed E-state index contributed by atoms with van der Waals surface area (Å²) in [6.45, 7) is 2.57. The van der Waals surface area contributed by atoms with E-state index in [-0.39, 0.29) is 24.3 Å². The lowest BCUT2D eigenvalue weighted by atomic mass is 9.99. The summed E-state index contributed by atoms with van der Waals surface area (Å²) in [5, 5.41) is 15.4. The molecule has 2 amide bonds. The summed E-state index contributed by atoms with van der Waals surface area (Å²) in [5.74, 6) is 0.640. The highest BCUT2D eigenvalue weighted by atomic mass is 16.5. The highest BCUT2D eigenvalue weighted by Crippen LogP contribution is 2.32. The highest BCUT2D eigenvalue weighted by molar-refractivity contribution is 6.00. The largest absolute Gasteiger partial charge is 0.496 e. The van der Waals surface area contributed by atoms with Crippen molar-refractivity contribution in [2.75, 3.05) is 25.6 Å². The third-order valence-electron chi connectivity index (χ3n) is 5.97. The predicted molar refractivity (Wildman–Crippen MR) is 140 cm³/mol. The van der Waals surface area contributed by atoms with Gasteiger partial charge in [-0.3, -0.25) is 15.0 Å². The Morgan fingerprint density at radius 2 is 1.97 bits per heavy atom. The first-order valence-corrected chi connectivity index (χ1v) is 11.6. The zero-order valence-corrected chi connectivity index (χ0v) is 20.4. The number of likely N-dealkylation sites (N-methyl/N-ethyl adjacent to an activating group) is 1. The second kappa shape index (κ2) is 12.0. The third kappa shape index (κ3) is 6.36. The average Bonchev–Trinajstić information content (AvgIpc) is 2.85. The van der Waals surface area contributed by atoms with E-state index in [2.05, 4.69) is 10.6 Å². The fourth-order valence-electron chi connectivity index (χ4n) is 4.18. The van der Waals surface area contributed by atoms with Crippen LogP contribution in [0.1, 0.15) is 30.0 Å². The predicted octanol–water partition coefficient (Wildman–Crippen LogP) is 2.95. The molecule has 3 rings (SSSR count). The minimum absolute atomic E-state index is 0.00206. The van der Waals surface area contributed by atoms with Crippen molar-refractivity contribution in [2.45, 2.75) is 32.4 Å². The van der Waals surface area contributed by atoms with Gasteiger partial charge >= 0.3 is 0 Å². The molecule has 0 spiro atoms. The van der Waals surface area contributed by atoms with E-state index in [9.17, 15) is 9.59 Å². The number of nitrogens with two attached hydrogens (primary N) is 1. The van der Waals surface area contributed by atoms with Gasteiger partial charge < -0.3 is 26.0 Å². The van der Waals surface area contributed by atoms with Gasteiger partial charge in [0.2, 0.25) is 12.3 Å². The number of amidine groups is 1. The maximum absolute atomic E-state index is 12.3. The number of anilines is 1. The van der Waals surface area contributed by atoms with Crippen LogP contribution in [0.3, 0.4) is 0 Å². The number of nitrogens with one attached hydrogen (secondary N) is 3. The molecule has 0 bridgehead atoms. The Balaban J connectivity index is 1.88. The van der Waals surface area contributed by atoms with Gasteiger partial charge in [0, 0.05) is 22.9 Å². The van der Waals surface area contributed by atoms with Crippen LogP contribution < -0.4 is 26.0 Å². The van der Waals surface area contributed by atoms with E-state index < -0.39 is 0 Å². The molecule has 8 nitrogen and oxygen atoms in total. The minimum atomic E-state index is -0.0428. The number of ether oxygens (including phenoxy) is 1. The Kier molecular flexibility index (Phi) is 8.80. The first-order valence-electron chi connectivity index (χ1n) is 11.6. The molecule has 3 aromatic carbocycles. The molecular weight excluding hydrogens is 442 g/mol. The average molecular weight is 476 g/mol. The standard InChI is InChI=1S/C27H33N5O3/c1-18(31-26(34)15-30-2)8-9-19-6-4-5-7-24(19)32(17-33)16-23-22-12-10-21(27(28)29)14-20(22)11-13-25(23)35-3/h4-7,10-14,17-18,30H,8-9,15-16H2,1-3H3,(H3,28,29)(H,31,34). The first-order chi connectivity index (χ1) is 16.9. The van der Waals surface area contributed by atoms with Gasteiger partial charge in [0.05, 0.1) is 20.2 Å². The van der Waals surface area contributed by atoms with Crippen molar-refractivity contribution in [1.82, 2.24) is 10.6 Å². The number of carbonyl (C=O) groups excluding carboxylic acids is 2. The maximum Gasteiger partial charge on any atom is 0.234 e. The fourth-order valence-corrected chi connectivity index (χ4v) is 4.18. The SMILES string of the molecule is CNCC(=O)NC(C)CCc1ccccc1N(C=O)Cc1c(OC)ccc2cc(C(=N)N)ccc12. The fraction of sp³-hybridized carbons (Fsp3) is 0.296. The van der Waals surface area contributed by atoms with Crippen LogP contribution >= 0.6 is 0 Å². The molecule has 0 saturated carbocycles. The molecule has 0 aliphatic rings. The van der Waals surface area contributed by atoms with Crippen molar-refractivity contribution in [2.24, 2.45) is 5.73 Å². The molecule has 1 unspecified atom stereocenters. The van der Waals surface area contributed by atoms with Gasteiger partial charge in [-0.2, -0.15) is 0 Å². The number of hydrogen-bond acceptors (Lipinski definition) is 5. The number of aryl methyl sites for hydroxylation is 1. The lowest BCUT2D eigenvalue weighted by molar-refractivity contribution is -0.120. The number of carbonyl (C=O) groups is 2. The monoisotopic (exact) mass is 475 g/mol. The van der Waals surface area contributed by atoms with Crippen LogP contribution in [-0.4, -0.2) is 44.9 Å². The number of nitrogens with zero attached hydrogens (tertiary/aromatic N) is 1. The van der Waals surface area contributed by atoms with Crippen LogP contribution in [0.4, 0.5) is 5.69 Å². The van der Waals surface area contributed by atoms with Crippen molar-refractivity contribution in [3.05, 3.63) is 71.3 Å². The first kappa shape index (κ1) is 25.7. The van der Waals surface area contributed by atoms with E-state index in [1.54, 1.807) is 25.1 Å². The van der Waals surface area contributed by atoms with Crippen LogP contribution in [0, 0.1) is 5.41 Å². The van der Waals surface area contributed by atoms with Gasteiger partial charge in [-0.15, -0.1) is 0 Å². The number of amides is 2. The quantitative estimate of drug-likeness (QED) is 0.182. The van der Waals surface area contributed by atoms with Gasteiger partial charge in [0.1, 0.15) is 11.6 Å². The van der Waals surface area contributed by atoms with Gasteiger partial charge in [-0.1, -0.05) is 36.4 Å². The normalized spacial score (nSPS) is 11.6. The Morgan fingerprint density at radius 1 is 1.20 bits per heavy atom. The van der Waals surface area contributed by atoms with Gasteiger partial charge in [0.25, 0.3) is 0 Å². The van der Waals surface area contributed by atoms with Crippen LogP contribution in [0.5, 0.6) is 5.75 Å². The summed E-state index contributed by atoms with van der Waals surface area (Å²) in [4.78, 5) is 25.8. The summed E-state index contributed by atoms with van der Waals surface area (Å²) in [6, 6.07) is 17.2. The smallest absolute Gasteiger partial charge is 0.234 e. The number of hydrogen-bond donors (Lipinski definition) is 4. The summed E-state index contributed by atoms with van der Waals surface area (Å²) in [6.07, 6.45) is 2.28. The molecule has 184 valence electrons. The Bertz CT molecular complexity index is 1210. The topological polar surface area (TPSA) is 121 Å². The van der Waals surface area contributed by atoms with E-state index in [0.717, 1.165) is 40.4 Å².